The summed E-state index contributed by atoms with van der Waals surface area (Å²) in [6.45, 7) is 0. The zero-order valence-corrected chi connectivity index (χ0v) is 10.9. The Kier molecular flexibility index (Phi) is 3.18. The second-order valence-electron chi connectivity index (χ2n) is 4.44. The Bertz CT molecular complexity index is 684. The molecule has 2 aromatic rings. The first-order chi connectivity index (χ1) is 10.1. The maximum Gasteiger partial charge on any atom is 0.249 e. The van der Waals surface area contributed by atoms with Gasteiger partial charge in [-0.3, -0.25) is 19.5 Å². The summed E-state index contributed by atoms with van der Waals surface area (Å²) in [5, 5.41) is 5.10. The van der Waals surface area contributed by atoms with Crippen LogP contribution >= 0.6 is 0 Å². The van der Waals surface area contributed by atoms with Crippen LogP contribution in [0.4, 0.5) is 11.9 Å². The summed E-state index contributed by atoms with van der Waals surface area (Å²) in [7, 11) is 0. The van der Waals surface area contributed by atoms with Crippen LogP contribution in [0.25, 0.3) is 5.95 Å². The third kappa shape index (κ3) is 2.78. The smallest absolute Gasteiger partial charge is 0.249 e. The number of piperidine rings is 1. The van der Waals surface area contributed by atoms with Gasteiger partial charge >= 0.3 is 0 Å². The number of nitrogens with zero attached hydrogens (tertiary/aromatic N) is 5. The van der Waals surface area contributed by atoms with Crippen LogP contribution in [0.15, 0.2) is 18.7 Å². The zero-order chi connectivity index (χ0) is 14.8. The molecule has 3 heterocycles. The van der Waals surface area contributed by atoms with E-state index in [0.29, 0.717) is 6.42 Å². The predicted octanol–water partition coefficient (Wildman–Crippen LogP) is -1.14. The number of imide groups is 1. The number of nitrogen functional groups attached to an aromatic ring is 1. The second kappa shape index (κ2) is 5.15. The molecule has 3 rings (SSSR count). The van der Waals surface area contributed by atoms with Gasteiger partial charge in [-0.25, -0.2) is 4.98 Å². The van der Waals surface area contributed by atoms with Crippen molar-refractivity contribution in [3.63, 3.8) is 0 Å². The van der Waals surface area contributed by atoms with E-state index in [9.17, 15) is 9.59 Å². The fraction of sp³-hybridized carbons (Fsp3) is 0.273. The van der Waals surface area contributed by atoms with Crippen molar-refractivity contribution in [3.8, 4) is 5.95 Å². The highest BCUT2D eigenvalue weighted by molar-refractivity contribution is 6.01. The van der Waals surface area contributed by atoms with Crippen LogP contribution < -0.4 is 16.4 Å². The van der Waals surface area contributed by atoms with E-state index in [-0.39, 0.29) is 30.2 Å². The molecule has 0 aromatic carbocycles. The average molecular weight is 288 g/mol. The number of nitrogens with one attached hydrogen (secondary N) is 2. The van der Waals surface area contributed by atoms with E-state index in [1.165, 1.54) is 6.33 Å². The van der Waals surface area contributed by atoms with Crippen molar-refractivity contribution in [1.29, 1.82) is 0 Å². The van der Waals surface area contributed by atoms with E-state index >= 15 is 0 Å². The normalized spacial score (nSPS) is 18.4. The molecular formula is C11H12N8O2. The van der Waals surface area contributed by atoms with Crippen molar-refractivity contribution in [2.24, 2.45) is 0 Å². The summed E-state index contributed by atoms with van der Waals surface area (Å²) < 4.78 is 1.56. The number of nitrogens with two attached hydrogens (primary N) is 1. The van der Waals surface area contributed by atoms with Gasteiger partial charge in [0.1, 0.15) is 12.4 Å². The molecule has 108 valence electrons. The largest absolute Gasteiger partial charge is 0.368 e. The quantitative estimate of drug-likeness (QED) is 0.602. The van der Waals surface area contributed by atoms with Crippen LogP contribution in [0.1, 0.15) is 12.8 Å². The number of amides is 2. The van der Waals surface area contributed by atoms with Crippen molar-refractivity contribution in [3.05, 3.63) is 18.7 Å². The summed E-state index contributed by atoms with van der Waals surface area (Å²) in [5.41, 5.74) is 5.64. The number of carbonyl (C=O) groups is 2. The van der Waals surface area contributed by atoms with E-state index in [2.05, 4.69) is 30.6 Å². The predicted molar refractivity (Wildman–Crippen MR) is 71.2 cm³/mol. The Morgan fingerprint density at radius 2 is 2.19 bits per heavy atom. The molecule has 1 unspecified atom stereocenters. The third-order valence-corrected chi connectivity index (χ3v) is 2.92. The van der Waals surface area contributed by atoms with Crippen molar-refractivity contribution < 1.29 is 9.59 Å². The molecule has 2 aromatic heterocycles. The van der Waals surface area contributed by atoms with Gasteiger partial charge in [0.05, 0.1) is 0 Å². The minimum Gasteiger partial charge on any atom is -0.368 e. The van der Waals surface area contributed by atoms with Crippen molar-refractivity contribution in [1.82, 2.24) is 29.8 Å². The number of imidazole rings is 1. The van der Waals surface area contributed by atoms with Crippen LogP contribution in [0, 0.1) is 0 Å². The molecule has 1 saturated heterocycles. The SMILES string of the molecule is Nc1nc(NC2CCC(=O)NC2=O)nc(-n2ccnc2)n1. The summed E-state index contributed by atoms with van der Waals surface area (Å²) in [6.07, 6.45) is 5.39. The van der Waals surface area contributed by atoms with Crippen LogP contribution in [-0.4, -0.2) is 42.4 Å². The van der Waals surface area contributed by atoms with E-state index in [4.69, 9.17) is 5.73 Å². The molecule has 0 radical (unpaired) electrons. The van der Waals surface area contributed by atoms with Gasteiger partial charge in [-0.2, -0.15) is 15.0 Å². The number of anilines is 2. The summed E-state index contributed by atoms with van der Waals surface area (Å²) in [4.78, 5) is 38.8. The maximum atomic E-state index is 11.7. The van der Waals surface area contributed by atoms with E-state index < -0.39 is 11.9 Å². The van der Waals surface area contributed by atoms with Gasteiger partial charge in [-0.1, -0.05) is 0 Å². The minimum absolute atomic E-state index is 0.0171. The molecule has 10 nitrogen and oxygen atoms in total. The molecule has 1 fully saturated rings. The topological polar surface area (TPSA) is 141 Å². The molecule has 4 N–H and O–H groups in total. The molecule has 21 heavy (non-hydrogen) atoms. The van der Waals surface area contributed by atoms with Crippen molar-refractivity contribution in [2.75, 3.05) is 11.1 Å². The Labute approximate surface area is 118 Å². The lowest BCUT2D eigenvalue weighted by molar-refractivity contribution is -0.133. The Morgan fingerprint density at radius 1 is 1.33 bits per heavy atom. The van der Waals surface area contributed by atoms with E-state index in [0.717, 1.165) is 0 Å². The standard InChI is InChI=1S/C11H12N8O2/c12-9-16-10(14-6-1-2-7(20)15-8(6)21)18-11(17-9)19-4-3-13-5-19/h3-6H,1-2H2,(H,15,20,21)(H3,12,14,16,17,18). The Balaban J connectivity index is 1.82. The molecule has 1 aliphatic rings. The lowest BCUT2D eigenvalue weighted by atomic mass is 10.1. The summed E-state index contributed by atoms with van der Waals surface area (Å²) in [5.74, 6) is -0.222. The van der Waals surface area contributed by atoms with E-state index in [1.54, 1.807) is 17.0 Å². The molecule has 0 aliphatic carbocycles. The monoisotopic (exact) mass is 288 g/mol. The molecule has 0 saturated carbocycles. The fourth-order valence-electron chi connectivity index (χ4n) is 1.93. The number of aromatic nitrogens is 5. The van der Waals surface area contributed by atoms with Gasteiger partial charge in [0.15, 0.2) is 0 Å². The summed E-state index contributed by atoms with van der Waals surface area (Å²) >= 11 is 0. The van der Waals surface area contributed by atoms with Gasteiger partial charge in [-0.15, -0.1) is 0 Å². The van der Waals surface area contributed by atoms with Crippen LogP contribution in [0.2, 0.25) is 0 Å². The maximum absolute atomic E-state index is 11.7. The lowest BCUT2D eigenvalue weighted by Gasteiger charge is -2.21. The Hall–Kier alpha value is -3.04. The number of hydrogen-bond acceptors (Lipinski definition) is 8. The molecule has 2 amide bonds. The van der Waals surface area contributed by atoms with Gasteiger partial charge in [0.25, 0.3) is 0 Å². The van der Waals surface area contributed by atoms with Crippen LogP contribution in [-0.2, 0) is 9.59 Å². The number of carbonyl (C=O) groups excluding carboxylic acids is 2. The highest BCUT2D eigenvalue weighted by Crippen LogP contribution is 2.12. The van der Waals surface area contributed by atoms with Crippen molar-refractivity contribution >= 4 is 23.7 Å². The first-order valence-electron chi connectivity index (χ1n) is 6.22. The molecule has 1 aliphatic heterocycles. The second-order valence-corrected chi connectivity index (χ2v) is 4.44. The number of rotatable bonds is 3. The fourth-order valence-corrected chi connectivity index (χ4v) is 1.93. The van der Waals surface area contributed by atoms with Crippen molar-refractivity contribution in [2.45, 2.75) is 18.9 Å². The van der Waals surface area contributed by atoms with Gasteiger partial charge in [0.2, 0.25) is 29.7 Å². The van der Waals surface area contributed by atoms with Gasteiger partial charge in [0, 0.05) is 18.8 Å². The molecule has 0 bridgehead atoms. The lowest BCUT2D eigenvalue weighted by Crippen LogP contribution is -2.47. The van der Waals surface area contributed by atoms with Gasteiger partial charge in [-0.05, 0) is 6.42 Å². The Morgan fingerprint density at radius 3 is 2.90 bits per heavy atom. The van der Waals surface area contributed by atoms with Gasteiger partial charge < -0.3 is 11.1 Å². The molecule has 1 atom stereocenters. The number of hydrogen-bond donors (Lipinski definition) is 3. The van der Waals surface area contributed by atoms with Crippen LogP contribution in [0.3, 0.4) is 0 Å². The molecular weight excluding hydrogens is 276 g/mol. The minimum atomic E-state index is -0.583. The molecule has 0 spiro atoms. The average Bonchev–Trinajstić information content (AvgIpc) is 2.95. The van der Waals surface area contributed by atoms with E-state index in [1.807, 2.05) is 0 Å². The van der Waals surface area contributed by atoms with Crippen LogP contribution in [0.5, 0.6) is 0 Å². The highest BCUT2D eigenvalue weighted by Gasteiger charge is 2.27. The molecule has 10 heteroatoms. The summed E-state index contributed by atoms with van der Waals surface area (Å²) in [6, 6.07) is -0.583. The highest BCUT2D eigenvalue weighted by atomic mass is 16.2. The first-order valence-corrected chi connectivity index (χ1v) is 6.22. The first kappa shape index (κ1) is 13.0. The third-order valence-electron chi connectivity index (χ3n) is 2.92. The zero-order valence-electron chi connectivity index (χ0n) is 10.9.